The summed E-state index contributed by atoms with van der Waals surface area (Å²) in [6.45, 7) is 2.15. The Hall–Kier alpha value is -4.84. The molecule has 0 bridgehead atoms. The summed E-state index contributed by atoms with van der Waals surface area (Å²) in [7, 11) is 0. The van der Waals surface area contributed by atoms with E-state index in [2.05, 4.69) is 10.4 Å². The van der Waals surface area contributed by atoms with Crippen molar-refractivity contribution in [2.75, 3.05) is 6.54 Å². The van der Waals surface area contributed by atoms with E-state index in [0.29, 0.717) is 40.4 Å². The minimum atomic E-state index is -3.54. The van der Waals surface area contributed by atoms with Gasteiger partial charge in [0, 0.05) is 30.8 Å². The maximum absolute atomic E-state index is 13.6. The van der Waals surface area contributed by atoms with Crippen LogP contribution in [0.2, 0.25) is 0 Å². The Morgan fingerprint density at radius 2 is 1.84 bits per heavy atom. The molecule has 3 aromatic carbocycles. The van der Waals surface area contributed by atoms with Gasteiger partial charge in [0.15, 0.2) is 0 Å². The number of amides is 3. The summed E-state index contributed by atoms with van der Waals surface area (Å²) in [6, 6.07) is 19.3. The Labute approximate surface area is 246 Å². The number of hydrogen-bond donors (Lipinski definition) is 3. The Balaban J connectivity index is 1.40. The Bertz CT molecular complexity index is 1660. The number of nitrogens with zero attached hydrogens (tertiary/aromatic N) is 3. The van der Waals surface area contributed by atoms with Crippen LogP contribution in [0.5, 0.6) is 5.75 Å². The SMILES string of the molecule is C[C@H](NC(=O)C(C)(F)F)C(Oc1ccc2c(cnn2-c2cccc(C(=O)N3C[C@H](O)C[C@H]3C(N)=O)c2)c1)c1ccccc1. The maximum Gasteiger partial charge on any atom is 0.321 e. The zero-order valence-corrected chi connectivity index (χ0v) is 23.5. The molecule has 0 radical (unpaired) electrons. The number of nitrogens with one attached hydrogen (secondary N) is 1. The van der Waals surface area contributed by atoms with E-state index in [0.717, 1.165) is 0 Å². The van der Waals surface area contributed by atoms with Gasteiger partial charge in [0.05, 0.1) is 29.5 Å². The van der Waals surface area contributed by atoms with Crippen LogP contribution in [0, 0.1) is 0 Å². The van der Waals surface area contributed by atoms with Crippen molar-refractivity contribution in [2.24, 2.45) is 5.73 Å². The molecular weight excluding hydrogens is 560 g/mol. The Morgan fingerprint density at radius 1 is 1.09 bits per heavy atom. The molecule has 1 fully saturated rings. The quantitative estimate of drug-likeness (QED) is 0.273. The van der Waals surface area contributed by atoms with E-state index >= 15 is 0 Å². The summed E-state index contributed by atoms with van der Waals surface area (Å²) in [6.07, 6.45) is 0.119. The molecule has 43 heavy (non-hydrogen) atoms. The van der Waals surface area contributed by atoms with Gasteiger partial charge in [-0.1, -0.05) is 36.4 Å². The fourth-order valence-electron chi connectivity index (χ4n) is 5.19. The number of primary amides is 1. The van der Waals surface area contributed by atoms with E-state index in [9.17, 15) is 28.3 Å². The molecule has 4 atom stereocenters. The van der Waals surface area contributed by atoms with Crippen LogP contribution in [0.15, 0.2) is 79.0 Å². The number of β-amino-alcohol motifs (C(OH)–C–C–N with tert-alkyl or cyclic N) is 1. The van der Waals surface area contributed by atoms with E-state index < -0.39 is 47.9 Å². The second-order valence-corrected chi connectivity index (χ2v) is 10.7. The third-order valence-corrected chi connectivity index (χ3v) is 7.35. The third kappa shape index (κ3) is 6.33. The number of carbonyl (C=O) groups is 3. The van der Waals surface area contributed by atoms with Gasteiger partial charge in [0.1, 0.15) is 17.9 Å². The average molecular weight is 592 g/mol. The molecule has 3 amide bonds. The minimum absolute atomic E-state index is 0.0112. The molecule has 1 aliphatic heterocycles. The molecule has 10 nitrogen and oxygen atoms in total. The van der Waals surface area contributed by atoms with E-state index in [1.807, 2.05) is 6.07 Å². The molecule has 12 heteroatoms. The lowest BCUT2D eigenvalue weighted by Gasteiger charge is -2.27. The van der Waals surface area contributed by atoms with Crippen molar-refractivity contribution < 1.29 is 33.0 Å². The first-order valence-corrected chi connectivity index (χ1v) is 13.7. The standard InChI is InChI=1S/C31H31F2N5O5/c1-18(36-30(42)31(2,32)33)27(19-7-4-3-5-8-19)43-24-11-12-25-21(14-24)16-35-38(25)22-10-6-9-20(13-22)29(41)37-17-23(39)15-26(37)28(34)40/h3-14,16,18,23,26-27,39H,15,17H2,1-2H3,(H2,34,40)(H,36,42)/t18-,23+,26-,27?/m0/s1. The number of carbonyl (C=O) groups excluding carboxylic acids is 3. The lowest BCUT2D eigenvalue weighted by atomic mass is 10.0. The van der Waals surface area contributed by atoms with Crippen LogP contribution in [0.3, 0.4) is 0 Å². The van der Waals surface area contributed by atoms with Gasteiger partial charge in [0.2, 0.25) is 5.91 Å². The highest BCUT2D eigenvalue weighted by Crippen LogP contribution is 2.30. The molecule has 1 saturated heterocycles. The molecule has 0 saturated carbocycles. The van der Waals surface area contributed by atoms with Gasteiger partial charge in [-0.15, -0.1) is 0 Å². The van der Waals surface area contributed by atoms with Crippen LogP contribution in [-0.4, -0.2) is 68.2 Å². The highest BCUT2D eigenvalue weighted by Gasteiger charge is 2.38. The predicted molar refractivity (Wildman–Crippen MR) is 154 cm³/mol. The highest BCUT2D eigenvalue weighted by molar-refractivity contribution is 5.98. The average Bonchev–Trinajstić information content (AvgIpc) is 3.59. The molecule has 224 valence electrons. The number of aliphatic hydroxyl groups excluding tert-OH is 1. The number of hydrogen-bond acceptors (Lipinski definition) is 6. The topological polar surface area (TPSA) is 140 Å². The molecule has 1 unspecified atom stereocenters. The molecule has 4 N–H and O–H groups in total. The van der Waals surface area contributed by atoms with Crippen molar-refractivity contribution in [3.63, 3.8) is 0 Å². The van der Waals surface area contributed by atoms with Crippen molar-refractivity contribution in [2.45, 2.75) is 50.5 Å². The Kier molecular flexibility index (Phi) is 8.14. The van der Waals surface area contributed by atoms with E-state index in [-0.39, 0.29) is 13.0 Å². The number of nitrogens with two attached hydrogens (primary N) is 1. The maximum atomic E-state index is 13.6. The zero-order valence-electron chi connectivity index (χ0n) is 23.5. The van der Waals surface area contributed by atoms with E-state index in [1.54, 1.807) is 84.5 Å². The van der Waals surface area contributed by atoms with Crippen molar-refractivity contribution >= 4 is 28.6 Å². The van der Waals surface area contributed by atoms with Crippen LogP contribution in [0.1, 0.15) is 42.3 Å². The molecule has 4 aromatic rings. The van der Waals surface area contributed by atoms with Crippen LogP contribution < -0.4 is 15.8 Å². The number of aromatic nitrogens is 2. The summed E-state index contributed by atoms with van der Waals surface area (Å²) in [5.74, 6) is -5.60. The summed E-state index contributed by atoms with van der Waals surface area (Å²) >= 11 is 0. The molecule has 5 rings (SSSR count). The van der Waals surface area contributed by atoms with Crippen LogP contribution in [-0.2, 0) is 9.59 Å². The molecule has 1 aliphatic rings. The monoisotopic (exact) mass is 591 g/mol. The molecule has 1 aromatic heterocycles. The van der Waals surface area contributed by atoms with Crippen LogP contribution in [0.25, 0.3) is 16.6 Å². The highest BCUT2D eigenvalue weighted by atomic mass is 19.3. The van der Waals surface area contributed by atoms with Gasteiger partial charge >= 0.3 is 5.92 Å². The second kappa shape index (κ2) is 11.8. The van der Waals surface area contributed by atoms with Crippen molar-refractivity contribution in [3.8, 4) is 11.4 Å². The molecule has 0 spiro atoms. The van der Waals surface area contributed by atoms with Crippen molar-refractivity contribution in [1.29, 1.82) is 0 Å². The number of halogens is 2. The summed E-state index contributed by atoms with van der Waals surface area (Å²) < 4.78 is 35.1. The van der Waals surface area contributed by atoms with Crippen molar-refractivity contribution in [1.82, 2.24) is 20.0 Å². The first kappa shape index (κ1) is 29.6. The number of fused-ring (bicyclic) bond motifs is 1. The smallest absolute Gasteiger partial charge is 0.321 e. The molecular formula is C31H31F2N5O5. The number of ether oxygens (including phenoxy) is 1. The number of benzene rings is 3. The molecule has 0 aliphatic carbocycles. The second-order valence-electron chi connectivity index (χ2n) is 10.7. The predicted octanol–water partition coefficient (Wildman–Crippen LogP) is 3.37. The first-order chi connectivity index (χ1) is 20.4. The number of aliphatic hydroxyl groups is 1. The largest absolute Gasteiger partial charge is 0.484 e. The summed E-state index contributed by atoms with van der Waals surface area (Å²) in [4.78, 5) is 38.3. The number of rotatable bonds is 9. The van der Waals surface area contributed by atoms with Gasteiger partial charge in [-0.25, -0.2) is 4.68 Å². The van der Waals surface area contributed by atoms with Crippen molar-refractivity contribution in [3.05, 3.63) is 90.1 Å². The fourth-order valence-corrected chi connectivity index (χ4v) is 5.19. The zero-order chi connectivity index (χ0) is 30.9. The summed E-state index contributed by atoms with van der Waals surface area (Å²) in [5, 5.41) is 17.5. The molecule has 2 heterocycles. The summed E-state index contributed by atoms with van der Waals surface area (Å²) in [5.41, 5.74) is 7.73. The number of alkyl halides is 2. The van der Waals surface area contributed by atoms with Gasteiger partial charge in [-0.2, -0.15) is 13.9 Å². The fraction of sp³-hybridized carbons (Fsp3) is 0.290. The van der Waals surface area contributed by atoms with Crippen LogP contribution in [0.4, 0.5) is 8.78 Å². The lowest BCUT2D eigenvalue weighted by Crippen LogP contribution is -2.46. The van der Waals surface area contributed by atoms with E-state index in [1.165, 1.54) is 4.90 Å². The normalized spacial score (nSPS) is 18.3. The van der Waals surface area contributed by atoms with Gasteiger partial charge in [-0.05, 0) is 48.9 Å². The van der Waals surface area contributed by atoms with Crippen LogP contribution >= 0.6 is 0 Å². The first-order valence-electron chi connectivity index (χ1n) is 13.7. The number of likely N-dealkylation sites (tertiary alicyclic amines) is 1. The van der Waals surface area contributed by atoms with Gasteiger partial charge < -0.3 is 25.8 Å². The van der Waals surface area contributed by atoms with Gasteiger partial charge in [-0.3, -0.25) is 14.4 Å². The third-order valence-electron chi connectivity index (χ3n) is 7.35. The van der Waals surface area contributed by atoms with E-state index in [4.69, 9.17) is 10.5 Å². The Morgan fingerprint density at radius 3 is 2.53 bits per heavy atom. The van der Waals surface area contributed by atoms with Gasteiger partial charge in [0.25, 0.3) is 11.8 Å². The lowest BCUT2D eigenvalue weighted by molar-refractivity contribution is -0.144. The minimum Gasteiger partial charge on any atom is -0.484 e.